The first-order valence-corrected chi connectivity index (χ1v) is 13.2. The quantitative estimate of drug-likeness (QED) is 0.451. The van der Waals surface area contributed by atoms with E-state index in [0.29, 0.717) is 5.16 Å². The Morgan fingerprint density at radius 3 is 2.12 bits per heavy atom. The standard InChI is InChI=1S/C24H27P2/c1-17-15-26(21-13-9-6-10-14-21)16-22-18(2)19(3)23(24(17,26)4)25(22)20-11-7-5-8-12-20/h5-15,22-23H,16H2,1-4H3/q+1. The summed E-state index contributed by atoms with van der Waals surface area (Å²) in [5.41, 5.74) is 6.55. The molecule has 2 aromatic carbocycles. The zero-order valence-corrected chi connectivity index (χ0v) is 17.9. The fourth-order valence-corrected chi connectivity index (χ4v) is 17.1. The van der Waals surface area contributed by atoms with Crippen molar-refractivity contribution in [3.63, 3.8) is 0 Å². The second-order valence-corrected chi connectivity index (χ2v) is 14.7. The maximum Gasteiger partial charge on any atom is 0.121 e. The van der Waals surface area contributed by atoms with Crippen LogP contribution in [-0.2, 0) is 0 Å². The van der Waals surface area contributed by atoms with Gasteiger partial charge in [0.1, 0.15) is 5.16 Å². The third kappa shape index (κ3) is 1.88. The van der Waals surface area contributed by atoms with Gasteiger partial charge in [0.15, 0.2) is 0 Å². The molecule has 3 aliphatic rings. The van der Waals surface area contributed by atoms with Crippen molar-refractivity contribution < 1.29 is 0 Å². The van der Waals surface area contributed by atoms with Gasteiger partial charge in [-0.25, -0.2) is 0 Å². The minimum Gasteiger partial charge on any atom is -0.0622 e. The molecule has 26 heavy (non-hydrogen) atoms. The summed E-state index contributed by atoms with van der Waals surface area (Å²) in [6, 6.07) is 22.9. The van der Waals surface area contributed by atoms with Gasteiger partial charge in [-0.2, -0.15) is 0 Å². The molecule has 5 unspecified atom stereocenters. The van der Waals surface area contributed by atoms with Crippen molar-refractivity contribution in [1.29, 1.82) is 0 Å². The first-order chi connectivity index (χ1) is 12.5. The van der Waals surface area contributed by atoms with E-state index >= 15 is 0 Å². The Labute approximate surface area is 159 Å². The highest BCUT2D eigenvalue weighted by molar-refractivity contribution is 7.91. The average molecular weight is 377 g/mol. The van der Waals surface area contributed by atoms with Gasteiger partial charge in [0.25, 0.3) is 0 Å². The summed E-state index contributed by atoms with van der Waals surface area (Å²) in [6.45, 7) is 9.90. The van der Waals surface area contributed by atoms with Gasteiger partial charge in [0.2, 0.25) is 0 Å². The summed E-state index contributed by atoms with van der Waals surface area (Å²) in [5, 5.41) is 3.60. The molecule has 2 heteroatoms. The van der Waals surface area contributed by atoms with Crippen molar-refractivity contribution in [1.82, 2.24) is 0 Å². The summed E-state index contributed by atoms with van der Waals surface area (Å²) in [5.74, 6) is 2.71. The SMILES string of the molecule is CC1=C[P+]2(c3ccccc3)CC3C(C)=C(C)C(P3c3ccccc3)C12C. The van der Waals surface area contributed by atoms with E-state index in [1.165, 1.54) is 6.16 Å². The molecule has 1 saturated heterocycles. The third-order valence-corrected chi connectivity index (χ3v) is 16.8. The minimum absolute atomic E-state index is 0.156. The van der Waals surface area contributed by atoms with Crippen LogP contribution in [0.3, 0.4) is 0 Å². The molecule has 2 aromatic rings. The summed E-state index contributed by atoms with van der Waals surface area (Å²) in [6.07, 6.45) is 1.38. The average Bonchev–Trinajstić information content (AvgIpc) is 2.90. The lowest BCUT2D eigenvalue weighted by molar-refractivity contribution is 0.700. The highest BCUT2D eigenvalue weighted by Gasteiger charge is 2.74. The Hall–Kier alpha value is -1.22. The monoisotopic (exact) mass is 377 g/mol. The summed E-state index contributed by atoms with van der Waals surface area (Å²) >= 11 is 0. The number of rotatable bonds is 2. The number of allylic oxidation sites excluding steroid dienone is 3. The topological polar surface area (TPSA) is 0 Å². The van der Waals surface area contributed by atoms with Gasteiger partial charge >= 0.3 is 0 Å². The molecule has 0 aliphatic carbocycles. The number of hydrogen-bond donors (Lipinski definition) is 0. The Bertz CT molecular complexity index is 927. The van der Waals surface area contributed by atoms with Crippen molar-refractivity contribution in [3.05, 3.63) is 83.2 Å². The molecule has 0 nitrogen and oxygen atoms in total. The Balaban J connectivity index is 1.72. The molecule has 0 saturated carbocycles. The normalized spacial score (nSPS) is 37.8. The van der Waals surface area contributed by atoms with Gasteiger partial charge in [-0.1, -0.05) is 67.6 Å². The number of benzene rings is 2. The van der Waals surface area contributed by atoms with E-state index in [-0.39, 0.29) is 7.92 Å². The zero-order valence-electron chi connectivity index (χ0n) is 16.1. The van der Waals surface area contributed by atoms with Gasteiger partial charge in [-0.3, -0.25) is 0 Å². The van der Waals surface area contributed by atoms with Gasteiger partial charge in [0.05, 0.1) is 24.5 Å². The minimum atomic E-state index is -1.26. The maximum absolute atomic E-state index is 2.71. The molecule has 0 aromatic heterocycles. The molecular weight excluding hydrogens is 350 g/mol. The van der Waals surface area contributed by atoms with Gasteiger partial charge in [0, 0.05) is 16.9 Å². The summed E-state index contributed by atoms with van der Waals surface area (Å²) in [7, 11) is -1.42. The first-order valence-electron chi connectivity index (χ1n) is 9.65. The van der Waals surface area contributed by atoms with Crippen molar-refractivity contribution in [3.8, 4) is 0 Å². The van der Waals surface area contributed by atoms with E-state index in [0.717, 1.165) is 11.3 Å². The van der Waals surface area contributed by atoms with E-state index in [4.69, 9.17) is 0 Å². The predicted octanol–water partition coefficient (Wildman–Crippen LogP) is 5.91. The highest BCUT2D eigenvalue weighted by Crippen LogP contribution is 2.89. The van der Waals surface area contributed by atoms with Crippen LogP contribution in [-0.4, -0.2) is 22.6 Å². The van der Waals surface area contributed by atoms with Crippen LogP contribution in [0, 0.1) is 0 Å². The molecule has 1 fully saturated rings. The van der Waals surface area contributed by atoms with Crippen LogP contribution < -0.4 is 10.6 Å². The molecule has 5 rings (SSSR count). The van der Waals surface area contributed by atoms with Crippen LogP contribution in [0.1, 0.15) is 27.7 Å². The molecule has 132 valence electrons. The third-order valence-electron chi connectivity index (χ3n) is 7.45. The first kappa shape index (κ1) is 16.9. The number of hydrogen-bond acceptors (Lipinski definition) is 0. The Morgan fingerprint density at radius 2 is 1.50 bits per heavy atom. The molecule has 0 amide bonds. The zero-order chi connectivity index (χ0) is 18.1. The van der Waals surface area contributed by atoms with Crippen molar-refractivity contribution in [2.45, 2.75) is 44.2 Å². The van der Waals surface area contributed by atoms with E-state index in [9.17, 15) is 0 Å². The van der Waals surface area contributed by atoms with E-state index in [1.807, 2.05) is 0 Å². The Morgan fingerprint density at radius 1 is 0.885 bits per heavy atom. The number of fused-ring (bicyclic) bond motifs is 4. The van der Waals surface area contributed by atoms with Gasteiger partial charge in [-0.15, -0.1) is 0 Å². The van der Waals surface area contributed by atoms with Crippen molar-refractivity contribution in [2.24, 2.45) is 0 Å². The van der Waals surface area contributed by atoms with E-state index in [1.54, 1.807) is 27.3 Å². The summed E-state index contributed by atoms with van der Waals surface area (Å²) < 4.78 is 0. The van der Waals surface area contributed by atoms with Crippen LogP contribution in [0.15, 0.2) is 83.2 Å². The molecular formula is C24H27P2+. The second kappa shape index (κ2) is 5.64. The molecule has 2 bridgehead atoms. The lowest BCUT2D eigenvalue weighted by Gasteiger charge is -2.57. The maximum atomic E-state index is 2.71. The molecule has 3 aliphatic heterocycles. The molecule has 0 spiro atoms. The smallest absolute Gasteiger partial charge is 0.0622 e. The van der Waals surface area contributed by atoms with Crippen LogP contribution >= 0.6 is 15.2 Å². The predicted molar refractivity (Wildman–Crippen MR) is 119 cm³/mol. The van der Waals surface area contributed by atoms with Crippen LogP contribution in [0.25, 0.3) is 0 Å². The fraction of sp³-hybridized carbons (Fsp3) is 0.333. The Kier molecular flexibility index (Phi) is 3.67. The molecule has 3 heterocycles. The van der Waals surface area contributed by atoms with Gasteiger partial charge < -0.3 is 0 Å². The van der Waals surface area contributed by atoms with Crippen molar-refractivity contribution in [2.75, 3.05) is 6.16 Å². The molecule has 0 radical (unpaired) electrons. The van der Waals surface area contributed by atoms with Crippen molar-refractivity contribution >= 4 is 25.8 Å². The molecule has 0 N–H and O–H groups in total. The lowest BCUT2D eigenvalue weighted by atomic mass is 9.91. The summed E-state index contributed by atoms with van der Waals surface area (Å²) in [4.78, 5) is 0. The largest absolute Gasteiger partial charge is 0.121 e. The van der Waals surface area contributed by atoms with Gasteiger partial charge in [-0.05, 0) is 45.1 Å². The van der Waals surface area contributed by atoms with Crippen LogP contribution in [0.5, 0.6) is 0 Å². The van der Waals surface area contributed by atoms with E-state index in [2.05, 4.69) is 94.2 Å². The second-order valence-electron chi connectivity index (χ2n) is 8.37. The van der Waals surface area contributed by atoms with Crippen LogP contribution in [0.2, 0.25) is 0 Å². The van der Waals surface area contributed by atoms with E-state index < -0.39 is 7.26 Å². The molecule has 5 atom stereocenters. The lowest BCUT2D eigenvalue weighted by Crippen LogP contribution is -2.55. The highest BCUT2D eigenvalue weighted by atomic mass is 31.2. The van der Waals surface area contributed by atoms with Crippen LogP contribution in [0.4, 0.5) is 0 Å². The fourth-order valence-electron chi connectivity index (χ4n) is 5.86.